The van der Waals surface area contributed by atoms with E-state index in [4.69, 9.17) is 25.4 Å². The van der Waals surface area contributed by atoms with Crippen LogP contribution in [-0.2, 0) is 20.6 Å². The summed E-state index contributed by atoms with van der Waals surface area (Å²) in [5, 5.41) is 0. The summed E-state index contributed by atoms with van der Waals surface area (Å²) in [5.74, 6) is 3.33. The summed E-state index contributed by atoms with van der Waals surface area (Å²) < 4.78 is 21.6. The summed E-state index contributed by atoms with van der Waals surface area (Å²) in [6.07, 6.45) is 6.69. The lowest BCUT2D eigenvalue weighted by molar-refractivity contribution is 0.145. The van der Waals surface area contributed by atoms with Crippen LogP contribution >= 0.6 is 0 Å². The third kappa shape index (κ3) is 3.97. The molecule has 1 aromatic rings. The maximum atomic E-state index is 5.67. The maximum absolute atomic E-state index is 5.67. The zero-order valence-electron chi connectivity index (χ0n) is 11.3. The summed E-state index contributed by atoms with van der Waals surface area (Å²) in [7, 11) is 0. The van der Waals surface area contributed by atoms with Gasteiger partial charge in [-0.1, -0.05) is 18.1 Å². The van der Waals surface area contributed by atoms with E-state index in [1.807, 2.05) is 12.1 Å². The molecule has 3 unspecified atom stereocenters. The highest BCUT2D eigenvalue weighted by molar-refractivity contribution is 5.29. The van der Waals surface area contributed by atoms with Crippen LogP contribution in [0.2, 0.25) is 0 Å². The van der Waals surface area contributed by atoms with Crippen molar-refractivity contribution in [2.24, 2.45) is 0 Å². The molecule has 0 amide bonds. The number of terminal acetylenes is 1. The summed E-state index contributed by atoms with van der Waals surface area (Å²) in [4.78, 5) is 0. The van der Waals surface area contributed by atoms with Gasteiger partial charge in [-0.25, -0.2) is 0 Å². The van der Waals surface area contributed by atoms with Crippen LogP contribution in [0.3, 0.4) is 0 Å². The number of ether oxygens (including phenoxy) is 4. The molecule has 3 atom stereocenters. The predicted molar refractivity (Wildman–Crippen MR) is 73.7 cm³/mol. The molecule has 106 valence electrons. The van der Waals surface area contributed by atoms with Crippen molar-refractivity contribution < 1.29 is 18.9 Å². The van der Waals surface area contributed by atoms with Gasteiger partial charge in [0, 0.05) is 6.42 Å². The Bertz CT molecular complexity index is 489. The summed E-state index contributed by atoms with van der Waals surface area (Å²) >= 11 is 0. The summed E-state index contributed by atoms with van der Waals surface area (Å²) in [5.41, 5.74) is 1.21. The Kier molecular flexibility index (Phi) is 4.22. The van der Waals surface area contributed by atoms with Crippen molar-refractivity contribution in [3.63, 3.8) is 0 Å². The van der Waals surface area contributed by atoms with E-state index in [-0.39, 0.29) is 18.3 Å². The van der Waals surface area contributed by atoms with Crippen molar-refractivity contribution in [2.75, 3.05) is 26.4 Å². The molecular weight excluding hydrogens is 256 g/mol. The Labute approximate surface area is 119 Å². The fourth-order valence-electron chi connectivity index (χ4n) is 2.09. The molecule has 0 bridgehead atoms. The van der Waals surface area contributed by atoms with Crippen LogP contribution in [0.4, 0.5) is 0 Å². The monoisotopic (exact) mass is 274 g/mol. The highest BCUT2D eigenvalue weighted by atomic mass is 16.6. The standard InChI is InChI=1S/C16H18O4/c1-2-6-17-11-16-15(20-16)8-12-4-3-5-13(7-12)18-9-14-10-19-14/h1,3-5,7,14-16H,6,8-11H2. The highest BCUT2D eigenvalue weighted by Crippen LogP contribution is 2.27. The van der Waals surface area contributed by atoms with Gasteiger partial charge in [0.2, 0.25) is 0 Å². The number of hydrogen-bond acceptors (Lipinski definition) is 4. The minimum atomic E-state index is 0.174. The molecule has 20 heavy (non-hydrogen) atoms. The molecule has 0 aromatic heterocycles. The van der Waals surface area contributed by atoms with Gasteiger partial charge in [-0.2, -0.15) is 0 Å². The van der Waals surface area contributed by atoms with Crippen molar-refractivity contribution in [3.8, 4) is 18.1 Å². The number of benzene rings is 1. The zero-order valence-corrected chi connectivity index (χ0v) is 11.3. The summed E-state index contributed by atoms with van der Waals surface area (Å²) in [6.45, 7) is 2.37. The van der Waals surface area contributed by atoms with E-state index in [1.54, 1.807) is 0 Å². The van der Waals surface area contributed by atoms with E-state index >= 15 is 0 Å². The molecule has 2 fully saturated rings. The molecule has 0 aliphatic carbocycles. The van der Waals surface area contributed by atoms with Crippen LogP contribution in [-0.4, -0.2) is 44.7 Å². The van der Waals surface area contributed by atoms with Gasteiger partial charge in [0.15, 0.2) is 0 Å². The average molecular weight is 274 g/mol. The van der Waals surface area contributed by atoms with Gasteiger partial charge in [-0.15, -0.1) is 6.42 Å². The highest BCUT2D eigenvalue weighted by Gasteiger charge is 2.38. The van der Waals surface area contributed by atoms with Crippen LogP contribution in [0, 0.1) is 12.3 Å². The van der Waals surface area contributed by atoms with Crippen molar-refractivity contribution >= 4 is 0 Å². The fraction of sp³-hybridized carbons (Fsp3) is 0.500. The topological polar surface area (TPSA) is 43.5 Å². The molecule has 0 spiro atoms. The molecule has 4 nitrogen and oxygen atoms in total. The molecule has 1 aromatic carbocycles. The van der Waals surface area contributed by atoms with E-state index in [0.29, 0.717) is 19.8 Å². The van der Waals surface area contributed by atoms with Gasteiger partial charge >= 0.3 is 0 Å². The Morgan fingerprint density at radius 3 is 3.00 bits per heavy atom. The second-order valence-corrected chi connectivity index (χ2v) is 5.05. The normalized spacial score (nSPS) is 26.9. The molecule has 3 rings (SSSR count). The molecule has 2 heterocycles. The summed E-state index contributed by atoms with van der Waals surface area (Å²) in [6, 6.07) is 8.11. The Hall–Kier alpha value is -1.54. The predicted octanol–water partition coefficient (Wildman–Crippen LogP) is 1.42. The van der Waals surface area contributed by atoms with Gasteiger partial charge in [0.05, 0.1) is 19.3 Å². The quantitative estimate of drug-likeness (QED) is 0.408. The SMILES string of the molecule is C#CCOCC1OC1Cc1cccc(OCC2CO2)c1. The second-order valence-electron chi connectivity index (χ2n) is 5.05. The molecule has 0 radical (unpaired) electrons. The van der Waals surface area contributed by atoms with Crippen molar-refractivity contribution in [1.82, 2.24) is 0 Å². The molecule has 2 saturated heterocycles. The molecule has 0 saturated carbocycles. The zero-order chi connectivity index (χ0) is 13.8. The lowest BCUT2D eigenvalue weighted by Gasteiger charge is -2.06. The van der Waals surface area contributed by atoms with Crippen molar-refractivity contribution in [1.29, 1.82) is 0 Å². The fourth-order valence-corrected chi connectivity index (χ4v) is 2.09. The number of hydrogen-bond donors (Lipinski definition) is 0. The average Bonchev–Trinajstić information content (AvgIpc) is 3.35. The van der Waals surface area contributed by atoms with Crippen LogP contribution in [0.25, 0.3) is 0 Å². The minimum absolute atomic E-state index is 0.174. The lowest BCUT2D eigenvalue weighted by atomic mass is 10.1. The van der Waals surface area contributed by atoms with Gasteiger partial charge in [-0.3, -0.25) is 0 Å². The molecule has 2 aliphatic rings. The van der Waals surface area contributed by atoms with Crippen molar-refractivity contribution in [2.45, 2.75) is 24.7 Å². The smallest absolute Gasteiger partial charge is 0.119 e. The number of epoxide rings is 2. The van der Waals surface area contributed by atoms with Gasteiger partial charge in [0.1, 0.15) is 31.2 Å². The van der Waals surface area contributed by atoms with Crippen LogP contribution in [0.1, 0.15) is 5.56 Å². The van der Waals surface area contributed by atoms with E-state index < -0.39 is 0 Å². The molecule has 0 N–H and O–H groups in total. The first kappa shape index (κ1) is 13.4. The van der Waals surface area contributed by atoms with Crippen LogP contribution in [0.15, 0.2) is 24.3 Å². The van der Waals surface area contributed by atoms with E-state index in [9.17, 15) is 0 Å². The van der Waals surface area contributed by atoms with Crippen LogP contribution in [0.5, 0.6) is 5.75 Å². The van der Waals surface area contributed by atoms with E-state index in [0.717, 1.165) is 18.8 Å². The first-order chi connectivity index (χ1) is 9.85. The second kappa shape index (κ2) is 6.27. The van der Waals surface area contributed by atoms with E-state index in [1.165, 1.54) is 5.56 Å². The van der Waals surface area contributed by atoms with Crippen LogP contribution < -0.4 is 4.74 Å². The van der Waals surface area contributed by atoms with Gasteiger partial charge in [0.25, 0.3) is 0 Å². The Balaban J connectivity index is 1.43. The van der Waals surface area contributed by atoms with E-state index in [2.05, 4.69) is 18.1 Å². The van der Waals surface area contributed by atoms with Gasteiger partial charge < -0.3 is 18.9 Å². The Morgan fingerprint density at radius 2 is 2.20 bits per heavy atom. The molecule has 4 heteroatoms. The maximum Gasteiger partial charge on any atom is 0.119 e. The largest absolute Gasteiger partial charge is 0.491 e. The number of rotatable bonds is 8. The van der Waals surface area contributed by atoms with Gasteiger partial charge in [-0.05, 0) is 17.7 Å². The first-order valence-electron chi connectivity index (χ1n) is 6.85. The molecule has 2 aliphatic heterocycles. The first-order valence-corrected chi connectivity index (χ1v) is 6.85. The molecular formula is C16H18O4. The third-order valence-corrected chi connectivity index (χ3v) is 3.33. The minimum Gasteiger partial charge on any atom is -0.491 e. The third-order valence-electron chi connectivity index (χ3n) is 3.33. The van der Waals surface area contributed by atoms with Crippen molar-refractivity contribution in [3.05, 3.63) is 29.8 Å². The Morgan fingerprint density at radius 1 is 1.30 bits per heavy atom. The lowest BCUT2D eigenvalue weighted by Crippen LogP contribution is -2.07.